The van der Waals surface area contributed by atoms with E-state index in [1.54, 1.807) is 25.7 Å². The van der Waals surface area contributed by atoms with Crippen LogP contribution < -0.4 is 0 Å². The molecule has 120 valence electrons. The maximum Gasteiger partial charge on any atom is 0.357 e. The lowest BCUT2D eigenvalue weighted by Crippen LogP contribution is -2.36. The number of rotatable bonds is 3. The van der Waals surface area contributed by atoms with Crippen molar-refractivity contribution >= 4 is 23.5 Å². The lowest BCUT2D eigenvalue weighted by molar-refractivity contribution is -0.129. The number of carbonyl (C=O) groups is 2. The summed E-state index contributed by atoms with van der Waals surface area (Å²) in [4.78, 5) is 33.8. The van der Waals surface area contributed by atoms with Gasteiger partial charge in [-0.2, -0.15) is 0 Å². The Bertz CT molecular complexity index is 584. The second-order valence-corrected chi connectivity index (χ2v) is 5.71. The first-order chi connectivity index (χ1) is 10.4. The van der Waals surface area contributed by atoms with Gasteiger partial charge in [-0.1, -0.05) is 11.6 Å². The second kappa shape index (κ2) is 7.05. The van der Waals surface area contributed by atoms with E-state index in [9.17, 15) is 9.59 Å². The minimum atomic E-state index is -0.480. The molecular weight excluding hydrogens is 306 g/mol. The minimum absolute atomic E-state index is 0.0773. The summed E-state index contributed by atoms with van der Waals surface area (Å²) in [6, 6.07) is 0. The highest BCUT2D eigenvalue weighted by atomic mass is 35.5. The maximum atomic E-state index is 12.0. The summed E-state index contributed by atoms with van der Waals surface area (Å²) in [5, 5.41) is 0.280. The fraction of sp³-hybridized carbons (Fsp3) is 0.600. The molecule has 0 aliphatic carbocycles. The van der Waals surface area contributed by atoms with Gasteiger partial charge in [-0.05, 0) is 26.7 Å². The molecule has 2 rings (SSSR count). The molecule has 0 N–H and O–H groups in total. The molecule has 1 fully saturated rings. The van der Waals surface area contributed by atoms with Crippen molar-refractivity contribution in [2.45, 2.75) is 39.5 Å². The minimum Gasteiger partial charge on any atom is -0.461 e. The van der Waals surface area contributed by atoms with Crippen molar-refractivity contribution in [2.24, 2.45) is 0 Å². The Labute approximate surface area is 134 Å². The molecule has 1 aliphatic rings. The first-order valence-corrected chi connectivity index (χ1v) is 7.78. The second-order valence-electron chi connectivity index (χ2n) is 5.35. The van der Waals surface area contributed by atoms with Gasteiger partial charge in [0.25, 0.3) is 0 Å². The molecule has 0 bridgehead atoms. The predicted octanol–water partition coefficient (Wildman–Crippen LogP) is 2.34. The van der Waals surface area contributed by atoms with Crippen molar-refractivity contribution in [3.8, 4) is 0 Å². The largest absolute Gasteiger partial charge is 0.461 e. The number of piperidine rings is 1. The number of aromatic nitrogens is 2. The maximum absolute atomic E-state index is 12.0. The average Bonchev–Trinajstić information content (AvgIpc) is 2.50. The van der Waals surface area contributed by atoms with Gasteiger partial charge < -0.3 is 9.64 Å². The van der Waals surface area contributed by atoms with Crippen LogP contribution in [0.25, 0.3) is 0 Å². The molecule has 1 aromatic heterocycles. The third kappa shape index (κ3) is 3.55. The SMILES string of the molecule is CCOC(=O)c1nc(C2CCN(C(C)=O)CC2)nc(Cl)c1C. The number of likely N-dealkylation sites (tertiary alicyclic amines) is 1. The Morgan fingerprint density at radius 2 is 1.95 bits per heavy atom. The highest BCUT2D eigenvalue weighted by Gasteiger charge is 2.26. The van der Waals surface area contributed by atoms with E-state index < -0.39 is 5.97 Å². The summed E-state index contributed by atoms with van der Waals surface area (Å²) in [6.45, 7) is 6.64. The van der Waals surface area contributed by atoms with E-state index in [0.717, 1.165) is 12.8 Å². The molecular formula is C15H20ClN3O3. The Morgan fingerprint density at radius 3 is 2.50 bits per heavy atom. The van der Waals surface area contributed by atoms with E-state index >= 15 is 0 Å². The Hall–Kier alpha value is -1.69. The van der Waals surface area contributed by atoms with Crippen molar-refractivity contribution in [3.05, 3.63) is 22.2 Å². The molecule has 2 heterocycles. The fourth-order valence-corrected chi connectivity index (χ4v) is 2.71. The zero-order valence-corrected chi connectivity index (χ0v) is 13.8. The number of esters is 1. The number of halogens is 1. The summed E-state index contributed by atoms with van der Waals surface area (Å²) in [5.41, 5.74) is 0.760. The summed E-state index contributed by atoms with van der Waals surface area (Å²) >= 11 is 6.14. The number of hydrogen-bond acceptors (Lipinski definition) is 5. The van der Waals surface area contributed by atoms with Gasteiger partial charge in [0.2, 0.25) is 5.91 Å². The van der Waals surface area contributed by atoms with E-state index in [1.165, 1.54) is 0 Å². The lowest BCUT2D eigenvalue weighted by atomic mass is 9.95. The van der Waals surface area contributed by atoms with Gasteiger partial charge in [0.1, 0.15) is 11.0 Å². The first-order valence-electron chi connectivity index (χ1n) is 7.40. The van der Waals surface area contributed by atoms with Crippen LogP contribution in [0.4, 0.5) is 0 Å². The molecule has 1 amide bonds. The first kappa shape index (κ1) is 16.7. The Kier molecular flexibility index (Phi) is 5.34. The van der Waals surface area contributed by atoms with Crippen LogP contribution >= 0.6 is 11.6 Å². The van der Waals surface area contributed by atoms with Crippen LogP contribution in [-0.4, -0.2) is 46.4 Å². The monoisotopic (exact) mass is 325 g/mol. The van der Waals surface area contributed by atoms with Gasteiger partial charge in [-0.25, -0.2) is 14.8 Å². The highest BCUT2D eigenvalue weighted by Crippen LogP contribution is 2.28. The third-order valence-corrected chi connectivity index (χ3v) is 4.25. The van der Waals surface area contributed by atoms with Crippen LogP contribution in [0.15, 0.2) is 0 Å². The van der Waals surface area contributed by atoms with Crippen LogP contribution in [0.2, 0.25) is 5.15 Å². The lowest BCUT2D eigenvalue weighted by Gasteiger charge is -2.30. The Balaban J connectivity index is 2.22. The van der Waals surface area contributed by atoms with Crippen LogP contribution in [0.1, 0.15) is 54.5 Å². The van der Waals surface area contributed by atoms with Crippen LogP contribution in [0, 0.1) is 6.92 Å². The number of hydrogen-bond donors (Lipinski definition) is 0. The van der Waals surface area contributed by atoms with E-state index in [0.29, 0.717) is 24.5 Å². The Morgan fingerprint density at radius 1 is 1.32 bits per heavy atom. The van der Waals surface area contributed by atoms with Crippen molar-refractivity contribution in [1.29, 1.82) is 0 Å². The van der Waals surface area contributed by atoms with Crippen LogP contribution in [0.3, 0.4) is 0 Å². The zero-order valence-electron chi connectivity index (χ0n) is 13.1. The molecule has 1 aromatic rings. The van der Waals surface area contributed by atoms with Crippen molar-refractivity contribution in [1.82, 2.24) is 14.9 Å². The molecule has 0 aromatic carbocycles. The number of carbonyl (C=O) groups excluding carboxylic acids is 2. The van der Waals surface area contributed by atoms with Crippen molar-refractivity contribution < 1.29 is 14.3 Å². The van der Waals surface area contributed by atoms with E-state index in [4.69, 9.17) is 16.3 Å². The highest BCUT2D eigenvalue weighted by molar-refractivity contribution is 6.30. The molecule has 0 unspecified atom stereocenters. The number of nitrogens with zero attached hydrogens (tertiary/aromatic N) is 3. The molecule has 0 atom stereocenters. The summed E-state index contributed by atoms with van der Waals surface area (Å²) in [5.74, 6) is 0.254. The molecule has 0 saturated carbocycles. The summed E-state index contributed by atoms with van der Waals surface area (Å²) in [6.07, 6.45) is 1.53. The van der Waals surface area contributed by atoms with Crippen molar-refractivity contribution in [2.75, 3.05) is 19.7 Å². The molecule has 0 spiro atoms. The smallest absolute Gasteiger partial charge is 0.357 e. The quantitative estimate of drug-likeness (QED) is 0.630. The van der Waals surface area contributed by atoms with Gasteiger partial charge in [0.05, 0.1) is 6.61 Å². The van der Waals surface area contributed by atoms with Gasteiger partial charge in [-0.3, -0.25) is 4.79 Å². The topological polar surface area (TPSA) is 72.4 Å². The molecule has 22 heavy (non-hydrogen) atoms. The zero-order chi connectivity index (χ0) is 16.3. The van der Waals surface area contributed by atoms with Gasteiger partial charge in [0, 0.05) is 31.5 Å². The number of amides is 1. The van der Waals surface area contributed by atoms with Crippen LogP contribution in [0.5, 0.6) is 0 Å². The van der Waals surface area contributed by atoms with E-state index in [1.807, 2.05) is 0 Å². The van der Waals surface area contributed by atoms with E-state index in [2.05, 4.69) is 9.97 Å². The number of ether oxygens (including phenoxy) is 1. The van der Waals surface area contributed by atoms with Gasteiger partial charge >= 0.3 is 5.97 Å². The fourth-order valence-electron chi connectivity index (χ4n) is 2.54. The van der Waals surface area contributed by atoms with Gasteiger partial charge in [-0.15, -0.1) is 0 Å². The standard InChI is InChI=1S/C15H20ClN3O3/c1-4-22-15(21)12-9(2)13(16)18-14(17-12)11-5-7-19(8-6-11)10(3)20/h11H,4-8H2,1-3H3. The normalized spacial score (nSPS) is 15.7. The molecule has 6 nitrogen and oxygen atoms in total. The predicted molar refractivity (Wildman–Crippen MR) is 82.0 cm³/mol. The van der Waals surface area contributed by atoms with Gasteiger partial charge in [0.15, 0.2) is 5.69 Å². The van der Waals surface area contributed by atoms with Crippen LogP contribution in [-0.2, 0) is 9.53 Å². The molecule has 0 radical (unpaired) electrons. The molecule has 7 heteroatoms. The van der Waals surface area contributed by atoms with Crippen molar-refractivity contribution in [3.63, 3.8) is 0 Å². The molecule has 1 saturated heterocycles. The van der Waals surface area contributed by atoms with E-state index in [-0.39, 0.29) is 29.3 Å². The summed E-state index contributed by atoms with van der Waals surface area (Å²) < 4.78 is 5.01. The molecule has 1 aliphatic heterocycles. The summed E-state index contributed by atoms with van der Waals surface area (Å²) in [7, 11) is 0. The average molecular weight is 326 g/mol. The third-order valence-electron chi connectivity index (χ3n) is 3.88.